The number of nitrogens with zero attached hydrogens (tertiary/aromatic N) is 6. The van der Waals surface area contributed by atoms with Crippen molar-refractivity contribution in [2.45, 2.75) is 25.8 Å². The molecule has 0 aromatic carbocycles. The summed E-state index contributed by atoms with van der Waals surface area (Å²) < 4.78 is 7.46. The van der Waals surface area contributed by atoms with Gasteiger partial charge in [0, 0.05) is 56.6 Å². The molecule has 2 aliphatic rings. The summed E-state index contributed by atoms with van der Waals surface area (Å²) in [5.74, 6) is 0.228. The van der Waals surface area contributed by atoms with Crippen LogP contribution < -0.4 is 0 Å². The molecule has 0 unspecified atom stereocenters. The number of carbonyl (C=O) groups is 1. The fourth-order valence-corrected chi connectivity index (χ4v) is 4.43. The van der Waals surface area contributed by atoms with E-state index in [-0.39, 0.29) is 11.8 Å². The van der Waals surface area contributed by atoms with E-state index in [0.29, 0.717) is 12.2 Å². The Hall–Kier alpha value is -2.84. The highest BCUT2D eigenvalue weighted by Gasteiger charge is 2.30. The number of aryl methyl sites for hydroxylation is 1. The Morgan fingerprint density at radius 1 is 1.13 bits per heavy atom. The van der Waals surface area contributed by atoms with Crippen molar-refractivity contribution in [1.29, 1.82) is 0 Å². The second-order valence-electron chi connectivity index (χ2n) is 8.01. The van der Waals surface area contributed by atoms with Gasteiger partial charge >= 0.3 is 0 Å². The summed E-state index contributed by atoms with van der Waals surface area (Å²) >= 11 is 0. The van der Waals surface area contributed by atoms with Crippen LogP contribution in [0.2, 0.25) is 0 Å². The molecule has 0 radical (unpaired) electrons. The standard InChI is InChI=1S/C22H26N6O2/c1-16-18(15-26-10-12-30-13-11-26)21-24-8-5-20(28(21)25-16)17-6-9-27(14-17)22(29)19-4-2-3-7-23-19/h2-5,7-8,17H,6,9-15H2,1H3/t17-/m1/s1. The molecule has 8 nitrogen and oxygen atoms in total. The first kappa shape index (κ1) is 19.1. The second kappa shape index (κ2) is 8.12. The molecule has 3 aromatic rings. The molecule has 0 N–H and O–H groups in total. The van der Waals surface area contributed by atoms with Crippen molar-refractivity contribution in [1.82, 2.24) is 29.4 Å². The van der Waals surface area contributed by atoms with Crippen LogP contribution in [0.4, 0.5) is 0 Å². The van der Waals surface area contributed by atoms with Gasteiger partial charge in [-0.25, -0.2) is 9.50 Å². The number of carbonyl (C=O) groups excluding carboxylic acids is 1. The Labute approximate surface area is 175 Å². The Balaban J connectivity index is 1.39. The Bertz CT molecular complexity index is 1040. The van der Waals surface area contributed by atoms with Crippen LogP contribution in [0.3, 0.4) is 0 Å². The lowest BCUT2D eigenvalue weighted by atomic mass is 10.0. The minimum absolute atomic E-state index is 0.00643. The molecule has 8 heteroatoms. The summed E-state index contributed by atoms with van der Waals surface area (Å²) in [6, 6.07) is 7.49. The van der Waals surface area contributed by atoms with E-state index in [1.807, 2.05) is 33.8 Å². The second-order valence-corrected chi connectivity index (χ2v) is 8.01. The smallest absolute Gasteiger partial charge is 0.272 e. The fraction of sp³-hybridized carbons (Fsp3) is 0.455. The van der Waals surface area contributed by atoms with E-state index in [2.05, 4.69) is 21.8 Å². The highest BCUT2D eigenvalue weighted by atomic mass is 16.5. The first-order chi connectivity index (χ1) is 14.7. The molecule has 3 aromatic heterocycles. The summed E-state index contributed by atoms with van der Waals surface area (Å²) in [5.41, 5.74) is 4.73. The lowest BCUT2D eigenvalue weighted by molar-refractivity contribution is 0.0342. The van der Waals surface area contributed by atoms with E-state index in [9.17, 15) is 4.79 Å². The van der Waals surface area contributed by atoms with Gasteiger partial charge in [0.1, 0.15) is 5.69 Å². The van der Waals surface area contributed by atoms with E-state index in [0.717, 1.165) is 62.8 Å². The van der Waals surface area contributed by atoms with Gasteiger partial charge in [-0.1, -0.05) is 6.07 Å². The first-order valence-corrected chi connectivity index (χ1v) is 10.5. The van der Waals surface area contributed by atoms with Gasteiger partial charge in [-0.2, -0.15) is 5.10 Å². The normalized spacial score (nSPS) is 20.2. The van der Waals surface area contributed by atoms with E-state index >= 15 is 0 Å². The number of likely N-dealkylation sites (tertiary alicyclic amines) is 1. The molecule has 5 rings (SSSR count). The number of amides is 1. The molecule has 156 valence electrons. The molecule has 0 saturated carbocycles. The van der Waals surface area contributed by atoms with Crippen LogP contribution in [-0.4, -0.2) is 74.7 Å². The molecule has 1 atom stereocenters. The highest BCUT2D eigenvalue weighted by Crippen LogP contribution is 2.29. The Kier molecular flexibility index (Phi) is 5.18. The minimum Gasteiger partial charge on any atom is -0.379 e. The molecule has 5 heterocycles. The van der Waals surface area contributed by atoms with Crippen molar-refractivity contribution >= 4 is 11.6 Å². The lowest BCUT2D eigenvalue weighted by Gasteiger charge is -2.26. The molecule has 30 heavy (non-hydrogen) atoms. The number of morpholine rings is 1. The third-order valence-electron chi connectivity index (χ3n) is 6.11. The maximum atomic E-state index is 12.8. The van der Waals surface area contributed by atoms with E-state index in [1.165, 1.54) is 5.56 Å². The number of aromatic nitrogens is 4. The zero-order chi connectivity index (χ0) is 20.5. The molecule has 2 saturated heterocycles. The van der Waals surface area contributed by atoms with Gasteiger partial charge in [0.2, 0.25) is 0 Å². The molecule has 2 aliphatic heterocycles. The maximum absolute atomic E-state index is 12.8. The molecule has 2 fully saturated rings. The summed E-state index contributed by atoms with van der Waals surface area (Å²) in [6.07, 6.45) is 4.45. The molecular formula is C22H26N6O2. The van der Waals surface area contributed by atoms with Crippen LogP contribution in [0, 0.1) is 6.92 Å². The summed E-state index contributed by atoms with van der Waals surface area (Å²) in [4.78, 5) is 25.9. The van der Waals surface area contributed by atoms with Gasteiger partial charge in [-0.3, -0.25) is 14.7 Å². The number of rotatable bonds is 4. The molecule has 1 amide bonds. The minimum atomic E-state index is -0.00643. The van der Waals surface area contributed by atoms with Gasteiger partial charge < -0.3 is 9.64 Å². The van der Waals surface area contributed by atoms with Crippen LogP contribution in [0.5, 0.6) is 0 Å². The topological polar surface area (TPSA) is 75.9 Å². The summed E-state index contributed by atoms with van der Waals surface area (Å²) in [7, 11) is 0. The van der Waals surface area contributed by atoms with Crippen LogP contribution in [0.15, 0.2) is 36.7 Å². The Morgan fingerprint density at radius 3 is 2.80 bits per heavy atom. The van der Waals surface area contributed by atoms with Crippen LogP contribution in [0.25, 0.3) is 5.65 Å². The number of hydrogen-bond acceptors (Lipinski definition) is 6. The van der Waals surface area contributed by atoms with Crippen molar-refractivity contribution in [2.24, 2.45) is 0 Å². The lowest BCUT2D eigenvalue weighted by Crippen LogP contribution is -2.35. The van der Waals surface area contributed by atoms with E-state index in [1.54, 1.807) is 12.3 Å². The van der Waals surface area contributed by atoms with Gasteiger partial charge in [0.15, 0.2) is 5.65 Å². The molecular weight excluding hydrogens is 380 g/mol. The Morgan fingerprint density at radius 2 is 2.00 bits per heavy atom. The number of pyridine rings is 1. The van der Waals surface area contributed by atoms with E-state index < -0.39 is 0 Å². The van der Waals surface area contributed by atoms with Crippen LogP contribution in [0.1, 0.15) is 39.8 Å². The quantitative estimate of drug-likeness (QED) is 0.659. The van der Waals surface area contributed by atoms with Gasteiger partial charge in [-0.15, -0.1) is 0 Å². The first-order valence-electron chi connectivity index (χ1n) is 10.5. The average Bonchev–Trinajstić information content (AvgIpc) is 3.40. The zero-order valence-electron chi connectivity index (χ0n) is 17.2. The largest absolute Gasteiger partial charge is 0.379 e. The maximum Gasteiger partial charge on any atom is 0.272 e. The monoisotopic (exact) mass is 406 g/mol. The molecule has 0 spiro atoms. The number of fused-ring (bicyclic) bond motifs is 1. The molecule has 0 aliphatic carbocycles. The highest BCUT2D eigenvalue weighted by molar-refractivity contribution is 5.92. The zero-order valence-corrected chi connectivity index (χ0v) is 17.2. The average molecular weight is 406 g/mol. The summed E-state index contributed by atoms with van der Waals surface area (Å²) in [5, 5.41) is 4.83. The third-order valence-corrected chi connectivity index (χ3v) is 6.11. The van der Waals surface area contributed by atoms with Gasteiger partial charge in [0.25, 0.3) is 5.91 Å². The van der Waals surface area contributed by atoms with E-state index in [4.69, 9.17) is 9.84 Å². The number of ether oxygens (including phenoxy) is 1. The fourth-order valence-electron chi connectivity index (χ4n) is 4.43. The predicted molar refractivity (Wildman–Crippen MR) is 111 cm³/mol. The van der Waals surface area contributed by atoms with Crippen molar-refractivity contribution in [3.8, 4) is 0 Å². The summed E-state index contributed by atoms with van der Waals surface area (Å²) in [6.45, 7) is 7.71. The van der Waals surface area contributed by atoms with Gasteiger partial charge in [0.05, 0.1) is 24.6 Å². The van der Waals surface area contributed by atoms with Gasteiger partial charge in [-0.05, 0) is 31.5 Å². The van der Waals surface area contributed by atoms with Crippen LogP contribution >= 0.6 is 0 Å². The predicted octanol–water partition coefficient (Wildman–Crippen LogP) is 1.89. The molecule has 0 bridgehead atoms. The third kappa shape index (κ3) is 3.57. The van der Waals surface area contributed by atoms with Crippen molar-refractivity contribution in [2.75, 3.05) is 39.4 Å². The van der Waals surface area contributed by atoms with Crippen molar-refractivity contribution < 1.29 is 9.53 Å². The van der Waals surface area contributed by atoms with Crippen LogP contribution in [-0.2, 0) is 11.3 Å². The van der Waals surface area contributed by atoms with Crippen molar-refractivity contribution in [3.05, 3.63) is 59.3 Å². The van der Waals surface area contributed by atoms with Crippen molar-refractivity contribution in [3.63, 3.8) is 0 Å². The SMILES string of the molecule is Cc1nn2c([C@@H]3CCN(C(=O)c4ccccn4)C3)ccnc2c1CN1CCOCC1. The number of hydrogen-bond donors (Lipinski definition) is 0.